The Kier molecular flexibility index (Phi) is 16.7. The van der Waals surface area contributed by atoms with Crippen LogP contribution in [0.1, 0.15) is 80.4 Å². The number of fused-ring (bicyclic) bond motifs is 8. The molecule has 3 aromatic carbocycles. The van der Waals surface area contributed by atoms with Gasteiger partial charge in [0.05, 0.1) is 83.2 Å². The highest BCUT2D eigenvalue weighted by atomic mass is 35.5. The Bertz CT molecular complexity index is 3870. The number of pyridine rings is 2. The molecule has 18 nitrogen and oxygen atoms in total. The number of esters is 1. The summed E-state index contributed by atoms with van der Waals surface area (Å²) in [5.74, 6) is -1.90. The average Bonchev–Trinajstić information content (AvgIpc) is 3.48. The number of thiophene rings is 1. The van der Waals surface area contributed by atoms with Crippen LogP contribution in [0.5, 0.6) is 11.8 Å². The summed E-state index contributed by atoms with van der Waals surface area (Å²) in [6, 6.07) is 15.1. The zero-order valence-electron chi connectivity index (χ0n) is 45.5. The zero-order valence-corrected chi connectivity index (χ0v) is 47.1. The van der Waals surface area contributed by atoms with Crippen molar-refractivity contribution >= 4 is 77.5 Å². The zero-order chi connectivity index (χ0) is 58.3. The molecule has 4 atom stereocenters. The van der Waals surface area contributed by atoms with Gasteiger partial charge in [-0.1, -0.05) is 45.0 Å². The molecule has 0 spiro atoms. The van der Waals surface area contributed by atoms with E-state index in [0.29, 0.717) is 41.7 Å². The highest BCUT2D eigenvalue weighted by molar-refractivity contribution is 7.23. The van der Waals surface area contributed by atoms with Crippen LogP contribution in [-0.4, -0.2) is 124 Å². The van der Waals surface area contributed by atoms with Gasteiger partial charge in [-0.15, -0.1) is 11.3 Å². The van der Waals surface area contributed by atoms with Crippen molar-refractivity contribution in [1.82, 2.24) is 29.3 Å². The van der Waals surface area contributed by atoms with Gasteiger partial charge in [0, 0.05) is 70.6 Å². The number of carbonyl (C=O) groups is 2. The molecule has 3 N–H and O–H groups in total. The molecule has 7 aromatic rings. The van der Waals surface area contributed by atoms with E-state index in [4.69, 9.17) is 41.3 Å². The number of nitriles is 2. The number of amides is 1. The van der Waals surface area contributed by atoms with E-state index < -0.39 is 41.8 Å². The predicted molar refractivity (Wildman–Crippen MR) is 304 cm³/mol. The molecule has 0 bridgehead atoms. The number of anilines is 2. The second-order valence-corrected chi connectivity index (χ2v) is 21.6. The molecule has 9 heterocycles. The number of methoxy groups -OCH3 is 1. The number of aliphatic hydroxyl groups excluding tert-OH is 1. The maximum absolute atomic E-state index is 16.9. The molecule has 5 aliphatic rings. The first-order valence-corrected chi connectivity index (χ1v) is 28.2. The van der Waals surface area contributed by atoms with E-state index in [0.717, 1.165) is 46.9 Å². The molecular formula is C59H58ClF3N10O8S. The van der Waals surface area contributed by atoms with Gasteiger partial charge >= 0.3 is 12.0 Å². The minimum absolute atomic E-state index is 0.00360. The summed E-state index contributed by atoms with van der Waals surface area (Å²) in [5, 5.41) is 31.4. The highest BCUT2D eigenvalue weighted by Crippen LogP contribution is 2.46. The lowest BCUT2D eigenvalue weighted by Gasteiger charge is -2.41. The number of piperazine rings is 1. The Morgan fingerprint density at radius 1 is 1.04 bits per heavy atom. The van der Waals surface area contributed by atoms with Crippen LogP contribution in [0.3, 0.4) is 0 Å². The van der Waals surface area contributed by atoms with Gasteiger partial charge < -0.3 is 44.2 Å². The first-order valence-electron chi connectivity index (χ1n) is 27.0. The van der Waals surface area contributed by atoms with Crippen LogP contribution >= 0.6 is 22.9 Å². The molecule has 3 fully saturated rings. The number of nitrogen functional groups attached to an aromatic ring is 1. The molecule has 426 valence electrons. The lowest BCUT2D eigenvalue weighted by atomic mass is 9.97. The Labute approximate surface area is 478 Å². The van der Waals surface area contributed by atoms with Gasteiger partial charge in [0.1, 0.15) is 53.4 Å². The van der Waals surface area contributed by atoms with Crippen molar-refractivity contribution in [1.29, 1.82) is 10.5 Å². The fourth-order valence-corrected chi connectivity index (χ4v) is 13.0. The largest absolute Gasteiger partial charge is 0.491 e. The summed E-state index contributed by atoms with van der Waals surface area (Å²) in [4.78, 5) is 58.8. The van der Waals surface area contributed by atoms with E-state index in [1.165, 1.54) is 32.1 Å². The van der Waals surface area contributed by atoms with Gasteiger partial charge in [0.2, 0.25) is 0 Å². The third kappa shape index (κ3) is 10.4. The monoisotopic (exact) mass is 1160 g/mol. The lowest BCUT2D eigenvalue weighted by molar-refractivity contribution is -0.157. The topological polar surface area (TPSA) is 235 Å². The standard InChI is InChI=1S/C50H40ClF2N9O8S.C7H12FN.C2H6/c1-4-26-28-15-25(5-8-36(28)57-41-32(26)20-62-37(41)17-29-33(48(62)65)22-70-49(66)43(29)63)69-14-13-68-21-23(2)47(64)61-12-11-60(19-24(61)9-10-54)46-30-16-34(51)39(40(53)42(30)58-50(59-46)67-3)27-6-7-35(52)44-38(27)31(18-55)45(56)71-44;8-6-4-7-2-1-3-9(7)5-6;1-2/h5-8,15-17,24,43,63H,2,4,9,11-14,19-22,56H2,1,3H3;6-7H,1-5H2;1-2H3. The molecule has 0 saturated carbocycles. The molecule has 3 saturated heterocycles. The number of aromatic nitrogens is 4. The Balaban J connectivity index is 0.000000614. The molecule has 4 unspecified atom stereocenters. The van der Waals surface area contributed by atoms with Crippen LogP contribution in [-0.2, 0) is 38.6 Å². The maximum atomic E-state index is 16.9. The summed E-state index contributed by atoms with van der Waals surface area (Å²) < 4.78 is 68.4. The summed E-state index contributed by atoms with van der Waals surface area (Å²) in [6.07, 6.45) is 1.85. The van der Waals surface area contributed by atoms with Crippen LogP contribution in [0.25, 0.3) is 54.4 Å². The van der Waals surface area contributed by atoms with E-state index in [-0.39, 0.29) is 141 Å². The van der Waals surface area contributed by atoms with E-state index in [9.17, 15) is 38.8 Å². The fraction of sp³-hybridized carbons (Fsp3) is 0.390. The number of cyclic esters (lactones) is 1. The number of carbonyl (C=O) groups excluding carboxylic acids is 2. The molecule has 82 heavy (non-hydrogen) atoms. The Morgan fingerprint density at radius 3 is 2.59 bits per heavy atom. The first-order chi connectivity index (χ1) is 39.6. The smallest absolute Gasteiger partial charge is 0.340 e. The van der Waals surface area contributed by atoms with Gasteiger partial charge in [-0.2, -0.15) is 20.5 Å². The second kappa shape index (κ2) is 23.9. The number of hydrogen-bond donors (Lipinski definition) is 2. The van der Waals surface area contributed by atoms with Crippen molar-refractivity contribution in [2.24, 2.45) is 0 Å². The molecule has 4 aromatic heterocycles. The summed E-state index contributed by atoms with van der Waals surface area (Å²) in [5.41, 5.74) is 9.89. The summed E-state index contributed by atoms with van der Waals surface area (Å²) in [7, 11) is 1.33. The van der Waals surface area contributed by atoms with Crippen molar-refractivity contribution in [3.8, 4) is 46.4 Å². The van der Waals surface area contributed by atoms with Gasteiger partial charge in [-0.25, -0.2) is 22.9 Å². The highest BCUT2D eigenvalue weighted by Gasteiger charge is 2.38. The number of nitrogens with zero attached hydrogens (tertiary/aromatic N) is 9. The van der Waals surface area contributed by atoms with Gasteiger partial charge in [0.25, 0.3) is 11.5 Å². The van der Waals surface area contributed by atoms with Crippen LogP contribution in [0.4, 0.5) is 24.0 Å². The minimum atomic E-state index is -1.55. The van der Waals surface area contributed by atoms with Crippen molar-refractivity contribution in [2.75, 3.05) is 70.3 Å². The molecule has 5 aliphatic heterocycles. The third-order valence-corrected chi connectivity index (χ3v) is 16.9. The van der Waals surface area contributed by atoms with Crippen molar-refractivity contribution in [2.45, 2.75) is 90.4 Å². The predicted octanol–water partition coefficient (Wildman–Crippen LogP) is 9.10. The first kappa shape index (κ1) is 57.4. The van der Waals surface area contributed by atoms with Gasteiger partial charge in [-0.05, 0) is 79.8 Å². The van der Waals surface area contributed by atoms with Gasteiger partial charge in [0.15, 0.2) is 11.9 Å². The number of hydrogen-bond acceptors (Lipinski definition) is 17. The van der Waals surface area contributed by atoms with Gasteiger partial charge in [-0.3, -0.25) is 14.5 Å². The van der Waals surface area contributed by atoms with Crippen molar-refractivity contribution in [3.05, 3.63) is 109 Å². The van der Waals surface area contributed by atoms with E-state index in [1.807, 2.05) is 39.0 Å². The molecular weight excluding hydrogens is 1100 g/mol. The summed E-state index contributed by atoms with van der Waals surface area (Å²) >= 11 is 7.70. The number of halogens is 4. The average molecular weight is 1160 g/mol. The molecule has 12 rings (SSSR count). The van der Waals surface area contributed by atoms with Crippen LogP contribution in [0.2, 0.25) is 5.02 Å². The molecule has 1 amide bonds. The SMILES string of the molecule is C=C(COCCOc1ccc2nc3c(c(CC)c2c1)Cn1c-3cc2c(c1=O)COC(=O)C2O)C(=O)N1CCN(c2nc(OC)nc3c(F)c(-c4ccc(F)c5sc(N)c(C#N)c45)c(Cl)cc23)CC1CC#N.CC.FC1CC2CCCN2C1. The van der Waals surface area contributed by atoms with E-state index in [1.54, 1.807) is 26.5 Å². The second-order valence-electron chi connectivity index (χ2n) is 20.1. The van der Waals surface area contributed by atoms with E-state index in [2.05, 4.69) is 27.5 Å². The molecule has 0 radical (unpaired) electrons. The lowest BCUT2D eigenvalue weighted by Crippen LogP contribution is -2.56. The maximum Gasteiger partial charge on any atom is 0.340 e. The number of benzene rings is 3. The van der Waals surface area contributed by atoms with Crippen LogP contribution < -0.4 is 25.7 Å². The Morgan fingerprint density at radius 2 is 1.84 bits per heavy atom. The fourth-order valence-electron chi connectivity index (χ4n) is 11.7. The third-order valence-electron chi connectivity index (χ3n) is 15.5. The van der Waals surface area contributed by atoms with E-state index >= 15 is 4.39 Å². The number of aliphatic hydroxyl groups is 1. The Hall–Kier alpha value is -7.86. The normalized spacial score (nSPS) is 18.8. The van der Waals surface area contributed by atoms with Crippen molar-refractivity contribution < 1.29 is 46.8 Å². The molecule has 23 heteroatoms. The number of alkyl halides is 1. The quantitative estimate of drug-likeness (QED) is 0.0659. The number of ether oxygens (including phenoxy) is 4. The van der Waals surface area contributed by atoms with Crippen molar-refractivity contribution in [3.63, 3.8) is 0 Å². The number of aryl methyl sites for hydroxylation is 1. The van der Waals surface area contributed by atoms with Crippen LogP contribution in [0.15, 0.2) is 59.4 Å². The minimum Gasteiger partial charge on any atom is -0.491 e. The molecule has 0 aliphatic carbocycles. The summed E-state index contributed by atoms with van der Waals surface area (Å²) in [6.45, 7) is 12.5. The van der Waals surface area contributed by atoms with Crippen LogP contribution in [0, 0.1) is 34.3 Å². The number of nitrogens with two attached hydrogens (primary N) is 1. The number of rotatable bonds is 12.